The Hall–Kier alpha value is -6.22. The number of hydrogen-bond donors (Lipinski definition) is 0. The zero-order chi connectivity index (χ0) is 35.7. The number of furan rings is 1. The second kappa shape index (κ2) is 12.2. The lowest BCUT2D eigenvalue weighted by molar-refractivity contribution is 0.670. The van der Waals surface area contributed by atoms with Crippen LogP contribution in [0.4, 0.5) is 0 Å². The van der Waals surface area contributed by atoms with Crippen molar-refractivity contribution in [3.8, 4) is 44.5 Å². The Labute approximate surface area is 310 Å². The van der Waals surface area contributed by atoms with E-state index >= 15 is 0 Å². The van der Waals surface area contributed by atoms with Gasteiger partial charge >= 0.3 is 0 Å². The van der Waals surface area contributed by atoms with Gasteiger partial charge in [-0.2, -0.15) is 0 Å². The molecule has 1 nitrogen and oxygen atoms in total. The van der Waals surface area contributed by atoms with Crippen molar-refractivity contribution in [2.24, 2.45) is 0 Å². The molecule has 9 aromatic carbocycles. The largest absolute Gasteiger partial charge is 0.455 e. The third-order valence-corrected chi connectivity index (χ3v) is 13.0. The summed E-state index contributed by atoms with van der Waals surface area (Å²) in [5.41, 5.74) is 11.4. The van der Waals surface area contributed by atoms with Crippen LogP contribution in [0.15, 0.2) is 180 Å². The minimum atomic E-state index is -1.68. The van der Waals surface area contributed by atoms with E-state index in [4.69, 9.17) is 4.42 Å². The average Bonchev–Trinajstić information content (AvgIpc) is 3.58. The van der Waals surface area contributed by atoms with Crippen molar-refractivity contribution in [3.05, 3.63) is 176 Å². The zero-order valence-electron chi connectivity index (χ0n) is 30.2. The van der Waals surface area contributed by atoms with Gasteiger partial charge in [-0.05, 0) is 108 Å². The second-order valence-electron chi connectivity index (χ2n) is 15.3. The summed E-state index contributed by atoms with van der Waals surface area (Å²) in [5, 5.41) is 11.5. The molecular formula is C51H38OSi. The van der Waals surface area contributed by atoms with E-state index < -0.39 is 8.07 Å². The van der Waals surface area contributed by atoms with Crippen molar-refractivity contribution in [1.82, 2.24) is 0 Å². The highest BCUT2D eigenvalue weighted by atomic mass is 28.3. The molecule has 0 aliphatic heterocycles. The fourth-order valence-corrected chi connectivity index (χ4v) is 9.35. The summed E-state index contributed by atoms with van der Waals surface area (Å²) in [4.78, 5) is 0. The van der Waals surface area contributed by atoms with Crippen molar-refractivity contribution in [2.75, 3.05) is 0 Å². The van der Waals surface area contributed by atoms with Crippen LogP contribution < -0.4 is 5.19 Å². The molecule has 0 N–H and O–H groups in total. The van der Waals surface area contributed by atoms with Gasteiger partial charge in [0.25, 0.3) is 0 Å². The molecule has 2 heteroatoms. The minimum Gasteiger partial charge on any atom is -0.455 e. The summed E-state index contributed by atoms with van der Waals surface area (Å²) in [6, 6.07) is 64.5. The summed E-state index contributed by atoms with van der Waals surface area (Å²) in [6.07, 6.45) is 0. The molecule has 0 saturated heterocycles. The maximum Gasteiger partial charge on any atom is 0.143 e. The summed E-state index contributed by atoms with van der Waals surface area (Å²) >= 11 is 0. The van der Waals surface area contributed by atoms with Gasteiger partial charge in [-0.1, -0.05) is 164 Å². The smallest absolute Gasteiger partial charge is 0.143 e. The molecule has 53 heavy (non-hydrogen) atoms. The van der Waals surface area contributed by atoms with Gasteiger partial charge in [-0.25, -0.2) is 0 Å². The van der Waals surface area contributed by atoms with Crippen molar-refractivity contribution in [3.63, 3.8) is 0 Å². The second-order valence-corrected chi connectivity index (χ2v) is 20.4. The molecule has 0 unspecified atom stereocenters. The fraction of sp³-hybridized carbons (Fsp3) is 0.0588. The molecule has 0 fully saturated rings. The van der Waals surface area contributed by atoms with Crippen molar-refractivity contribution in [2.45, 2.75) is 19.6 Å². The van der Waals surface area contributed by atoms with Crippen LogP contribution in [0.25, 0.3) is 98.8 Å². The van der Waals surface area contributed by atoms with Gasteiger partial charge in [0.2, 0.25) is 0 Å². The number of fused-ring (bicyclic) bond motifs is 9. The molecule has 0 radical (unpaired) electrons. The van der Waals surface area contributed by atoms with Gasteiger partial charge < -0.3 is 4.42 Å². The van der Waals surface area contributed by atoms with Gasteiger partial charge in [0.15, 0.2) is 0 Å². The Balaban J connectivity index is 1.16. The molecule has 0 aliphatic rings. The predicted octanol–water partition coefficient (Wildman–Crippen LogP) is 14.3. The predicted molar refractivity (Wildman–Crippen MR) is 231 cm³/mol. The standard InChI is InChI=1S/C51H38OSi/c1-53(2,3)40-27-37(35-22-24-45-43-20-11-10-18-41(43)42-19-12-13-21-44(42)48(45)29-35)26-38(28-40)36-23-25-46-49-31-39(33-14-6-4-7-15-33)30-47(34-16-8-5-9-17-34)51(49)52-50(46)32-36/h4-32H,1-3H3. The normalized spacial score (nSPS) is 12.1. The monoisotopic (exact) mass is 694 g/mol. The molecule has 1 heterocycles. The highest BCUT2D eigenvalue weighted by molar-refractivity contribution is 6.88. The van der Waals surface area contributed by atoms with Gasteiger partial charge in [-0.15, -0.1) is 0 Å². The van der Waals surface area contributed by atoms with Crippen molar-refractivity contribution >= 4 is 67.5 Å². The first-order valence-electron chi connectivity index (χ1n) is 18.5. The summed E-state index contributed by atoms with van der Waals surface area (Å²) in [5.74, 6) is 0. The fourth-order valence-electron chi connectivity index (χ4n) is 8.17. The van der Waals surface area contributed by atoms with Crippen LogP contribution in [-0.4, -0.2) is 8.07 Å². The van der Waals surface area contributed by atoms with Gasteiger partial charge in [0.05, 0.1) is 8.07 Å². The molecule has 0 spiro atoms. The first-order valence-corrected chi connectivity index (χ1v) is 22.0. The van der Waals surface area contributed by atoms with Crippen LogP contribution >= 0.6 is 0 Å². The number of hydrogen-bond acceptors (Lipinski definition) is 1. The van der Waals surface area contributed by atoms with E-state index in [9.17, 15) is 0 Å². The third kappa shape index (κ3) is 5.37. The number of rotatable bonds is 5. The Morgan fingerprint density at radius 1 is 0.321 bits per heavy atom. The summed E-state index contributed by atoms with van der Waals surface area (Å²) < 4.78 is 6.84. The van der Waals surface area contributed by atoms with E-state index in [1.807, 2.05) is 0 Å². The van der Waals surface area contributed by atoms with Gasteiger partial charge in [0.1, 0.15) is 11.2 Å². The molecule has 0 amide bonds. The number of benzene rings is 9. The Bertz CT molecular complexity index is 2980. The molecular weight excluding hydrogens is 657 g/mol. The van der Waals surface area contributed by atoms with E-state index in [1.165, 1.54) is 70.9 Å². The topological polar surface area (TPSA) is 13.1 Å². The lowest BCUT2D eigenvalue weighted by Crippen LogP contribution is -2.37. The molecule has 0 bridgehead atoms. The van der Waals surface area contributed by atoms with E-state index in [0.717, 1.165) is 33.1 Å². The summed E-state index contributed by atoms with van der Waals surface area (Å²) in [6.45, 7) is 7.31. The van der Waals surface area contributed by atoms with Crippen molar-refractivity contribution in [1.29, 1.82) is 0 Å². The van der Waals surface area contributed by atoms with Gasteiger partial charge in [-0.3, -0.25) is 0 Å². The summed E-state index contributed by atoms with van der Waals surface area (Å²) in [7, 11) is -1.68. The molecule has 252 valence electrons. The highest BCUT2D eigenvalue weighted by Crippen LogP contribution is 2.42. The van der Waals surface area contributed by atoms with Crippen LogP contribution in [0.3, 0.4) is 0 Å². The maximum atomic E-state index is 6.84. The third-order valence-electron chi connectivity index (χ3n) is 11.0. The van der Waals surface area contributed by atoms with Crippen LogP contribution in [-0.2, 0) is 0 Å². The molecule has 0 atom stereocenters. The minimum absolute atomic E-state index is 0.906. The highest BCUT2D eigenvalue weighted by Gasteiger charge is 2.21. The lowest BCUT2D eigenvalue weighted by atomic mass is 9.91. The van der Waals surface area contributed by atoms with Crippen LogP contribution in [0.2, 0.25) is 19.6 Å². The van der Waals surface area contributed by atoms with Crippen LogP contribution in [0, 0.1) is 0 Å². The molecule has 1 aromatic heterocycles. The van der Waals surface area contributed by atoms with Gasteiger partial charge in [0, 0.05) is 16.3 Å². The Kier molecular flexibility index (Phi) is 7.25. The van der Waals surface area contributed by atoms with E-state index in [-0.39, 0.29) is 0 Å². The maximum absolute atomic E-state index is 6.84. The molecule has 10 aromatic rings. The SMILES string of the molecule is C[Si](C)(C)c1cc(-c2ccc3c(c2)oc2c(-c4ccccc4)cc(-c4ccccc4)cc23)cc(-c2ccc3c4ccccc4c4ccccc4c3c2)c1. The van der Waals surface area contributed by atoms with Crippen molar-refractivity contribution < 1.29 is 4.42 Å². The molecule has 10 rings (SSSR count). The Morgan fingerprint density at radius 2 is 0.792 bits per heavy atom. The van der Waals surface area contributed by atoms with E-state index in [0.29, 0.717) is 0 Å². The first kappa shape index (κ1) is 31.5. The lowest BCUT2D eigenvalue weighted by Gasteiger charge is -2.20. The van der Waals surface area contributed by atoms with Crippen LogP contribution in [0.5, 0.6) is 0 Å². The first-order chi connectivity index (χ1) is 25.9. The van der Waals surface area contributed by atoms with E-state index in [1.54, 1.807) is 0 Å². The quantitative estimate of drug-likeness (QED) is 0.129. The average molecular weight is 695 g/mol. The zero-order valence-corrected chi connectivity index (χ0v) is 31.2. The molecule has 0 aliphatic carbocycles. The Morgan fingerprint density at radius 3 is 1.40 bits per heavy atom. The molecule has 0 saturated carbocycles. The van der Waals surface area contributed by atoms with E-state index in [2.05, 4.69) is 196 Å². The van der Waals surface area contributed by atoms with Crippen LogP contribution in [0.1, 0.15) is 0 Å².